The minimum atomic E-state index is 0.275. The third kappa shape index (κ3) is 1.31. The van der Waals surface area contributed by atoms with Crippen LogP contribution >= 0.6 is 0 Å². The summed E-state index contributed by atoms with van der Waals surface area (Å²) >= 11 is 0. The second-order valence-electron chi connectivity index (χ2n) is 5.39. The lowest BCUT2D eigenvalue weighted by atomic mass is 9.89. The van der Waals surface area contributed by atoms with Gasteiger partial charge in [-0.15, -0.1) is 4.98 Å². The number of aromatic hydroxyl groups is 1. The molecular formula is C16H16N3O+. The quantitative estimate of drug-likeness (QED) is 0.632. The maximum atomic E-state index is 10.2. The van der Waals surface area contributed by atoms with E-state index in [9.17, 15) is 5.11 Å². The van der Waals surface area contributed by atoms with Crippen LogP contribution in [0.5, 0.6) is 5.88 Å². The zero-order chi connectivity index (χ0) is 13.9. The summed E-state index contributed by atoms with van der Waals surface area (Å²) < 4.78 is 3.83. The number of hydrogen-bond donors (Lipinski definition) is 1. The molecule has 4 heteroatoms. The first kappa shape index (κ1) is 11.5. The van der Waals surface area contributed by atoms with Crippen molar-refractivity contribution >= 4 is 5.65 Å². The summed E-state index contributed by atoms with van der Waals surface area (Å²) in [5.41, 5.74) is 6.74. The first-order valence-electron chi connectivity index (χ1n) is 6.84. The molecule has 100 valence electrons. The number of aromatic nitrogens is 3. The van der Waals surface area contributed by atoms with Gasteiger partial charge in [0.1, 0.15) is 5.69 Å². The van der Waals surface area contributed by atoms with Crippen LogP contribution in [0.25, 0.3) is 16.9 Å². The van der Waals surface area contributed by atoms with E-state index < -0.39 is 0 Å². The van der Waals surface area contributed by atoms with E-state index in [1.54, 1.807) is 10.7 Å². The van der Waals surface area contributed by atoms with Crippen molar-refractivity contribution in [3.8, 4) is 17.1 Å². The van der Waals surface area contributed by atoms with Crippen molar-refractivity contribution in [1.29, 1.82) is 0 Å². The van der Waals surface area contributed by atoms with Gasteiger partial charge in [-0.3, -0.25) is 4.57 Å². The Labute approximate surface area is 117 Å². The summed E-state index contributed by atoms with van der Waals surface area (Å²) in [6.07, 6.45) is 3.70. The number of imidazole rings is 1. The van der Waals surface area contributed by atoms with E-state index in [0.29, 0.717) is 0 Å². The Morgan fingerprint density at radius 3 is 2.90 bits per heavy atom. The van der Waals surface area contributed by atoms with Crippen LogP contribution in [0.15, 0.2) is 30.6 Å². The van der Waals surface area contributed by atoms with Gasteiger partial charge in [0.15, 0.2) is 5.69 Å². The summed E-state index contributed by atoms with van der Waals surface area (Å²) in [4.78, 5) is 4.59. The Morgan fingerprint density at radius 1 is 1.25 bits per heavy atom. The van der Waals surface area contributed by atoms with Crippen molar-refractivity contribution in [2.24, 2.45) is 7.05 Å². The third-order valence-electron chi connectivity index (χ3n) is 4.38. The summed E-state index contributed by atoms with van der Waals surface area (Å²) in [5, 5.41) is 10.2. The summed E-state index contributed by atoms with van der Waals surface area (Å²) in [6, 6.07) is 8.44. The normalized spacial score (nSPS) is 13.3. The maximum absolute atomic E-state index is 10.2. The first-order valence-corrected chi connectivity index (χ1v) is 6.84. The summed E-state index contributed by atoms with van der Waals surface area (Å²) in [7, 11) is 1.99. The van der Waals surface area contributed by atoms with Crippen LogP contribution in [0, 0.1) is 6.92 Å². The molecule has 0 bridgehead atoms. The molecular weight excluding hydrogens is 250 g/mol. The lowest BCUT2D eigenvalue weighted by Gasteiger charge is -2.16. The molecule has 0 radical (unpaired) electrons. The number of nitrogens with zero attached hydrogens (tertiary/aromatic N) is 3. The number of aryl methyl sites for hydroxylation is 3. The minimum Gasteiger partial charge on any atom is -0.481 e. The zero-order valence-electron chi connectivity index (χ0n) is 11.6. The molecule has 1 N–H and O–H groups in total. The lowest BCUT2D eigenvalue weighted by Crippen LogP contribution is -2.25. The standard InChI is InChI=1S/C16H15N3O/c1-10-16(20)19-9-17-14-12-6-4-3-5-11(12)7-8-13(14)15(19)18(10)2/h3-6,9H,7-8H2,1-2H3/p+1. The molecule has 0 aliphatic heterocycles. The van der Waals surface area contributed by atoms with Gasteiger partial charge in [0.2, 0.25) is 12.0 Å². The average molecular weight is 266 g/mol. The van der Waals surface area contributed by atoms with E-state index in [1.165, 1.54) is 16.7 Å². The second kappa shape index (κ2) is 3.82. The molecule has 4 nitrogen and oxygen atoms in total. The SMILES string of the molecule is Cc1c(O)[n+]2cnc3c(c2n1C)CCc1ccccc1-3. The van der Waals surface area contributed by atoms with Crippen molar-refractivity contribution in [2.45, 2.75) is 19.8 Å². The molecule has 0 saturated heterocycles. The van der Waals surface area contributed by atoms with E-state index >= 15 is 0 Å². The van der Waals surface area contributed by atoms with Gasteiger partial charge < -0.3 is 5.11 Å². The highest BCUT2D eigenvalue weighted by Crippen LogP contribution is 2.33. The number of fused-ring (bicyclic) bond motifs is 5. The van der Waals surface area contributed by atoms with Gasteiger partial charge in [-0.05, 0) is 25.3 Å². The average Bonchev–Trinajstić information content (AvgIpc) is 2.72. The summed E-state index contributed by atoms with van der Waals surface area (Å²) in [6.45, 7) is 1.92. The molecule has 0 amide bonds. The van der Waals surface area contributed by atoms with E-state index in [1.807, 2.05) is 18.5 Å². The zero-order valence-corrected chi connectivity index (χ0v) is 11.6. The van der Waals surface area contributed by atoms with Crippen molar-refractivity contribution < 1.29 is 9.51 Å². The molecule has 0 atom stereocenters. The van der Waals surface area contributed by atoms with Gasteiger partial charge in [-0.2, -0.15) is 4.40 Å². The third-order valence-corrected chi connectivity index (χ3v) is 4.38. The van der Waals surface area contributed by atoms with Gasteiger partial charge in [0.05, 0.1) is 12.6 Å². The number of rotatable bonds is 0. The van der Waals surface area contributed by atoms with Crippen LogP contribution in [-0.4, -0.2) is 14.7 Å². The molecule has 20 heavy (non-hydrogen) atoms. The lowest BCUT2D eigenvalue weighted by molar-refractivity contribution is -0.525. The molecule has 0 saturated carbocycles. The number of hydrogen-bond acceptors (Lipinski definition) is 2. The topological polar surface area (TPSA) is 42.1 Å². The molecule has 4 rings (SSSR count). The molecule has 2 aromatic heterocycles. The molecule has 0 spiro atoms. The van der Waals surface area contributed by atoms with Gasteiger partial charge >= 0.3 is 0 Å². The monoisotopic (exact) mass is 266 g/mol. The van der Waals surface area contributed by atoms with Crippen molar-refractivity contribution in [2.75, 3.05) is 0 Å². The number of benzene rings is 1. The molecule has 1 aliphatic carbocycles. The van der Waals surface area contributed by atoms with Crippen LogP contribution < -0.4 is 4.40 Å². The van der Waals surface area contributed by atoms with Crippen molar-refractivity contribution in [3.63, 3.8) is 0 Å². The minimum absolute atomic E-state index is 0.275. The predicted molar refractivity (Wildman–Crippen MR) is 75.6 cm³/mol. The molecule has 0 unspecified atom stereocenters. The van der Waals surface area contributed by atoms with Gasteiger partial charge in [-0.25, -0.2) is 0 Å². The van der Waals surface area contributed by atoms with Crippen LogP contribution in [0.1, 0.15) is 16.8 Å². The Balaban J connectivity index is 2.13. The predicted octanol–water partition coefficient (Wildman–Crippen LogP) is 1.94. The van der Waals surface area contributed by atoms with Gasteiger partial charge in [0.25, 0.3) is 5.88 Å². The first-order chi connectivity index (χ1) is 9.68. The van der Waals surface area contributed by atoms with Crippen LogP contribution in [0.3, 0.4) is 0 Å². The highest BCUT2D eigenvalue weighted by Gasteiger charge is 2.28. The highest BCUT2D eigenvalue weighted by molar-refractivity contribution is 5.73. The molecule has 1 aromatic carbocycles. The smallest absolute Gasteiger partial charge is 0.294 e. The van der Waals surface area contributed by atoms with Crippen LogP contribution in [0.2, 0.25) is 0 Å². The van der Waals surface area contributed by atoms with E-state index in [0.717, 1.165) is 29.9 Å². The molecule has 2 heterocycles. The molecule has 3 aromatic rings. The van der Waals surface area contributed by atoms with Crippen LogP contribution in [0.4, 0.5) is 0 Å². The molecule has 1 aliphatic rings. The van der Waals surface area contributed by atoms with Gasteiger partial charge in [-0.1, -0.05) is 24.3 Å². The van der Waals surface area contributed by atoms with E-state index in [-0.39, 0.29) is 5.88 Å². The van der Waals surface area contributed by atoms with Gasteiger partial charge in [0, 0.05) is 5.56 Å². The Hall–Kier alpha value is -2.36. The Morgan fingerprint density at radius 2 is 2.05 bits per heavy atom. The fraction of sp³-hybridized carbons (Fsp3) is 0.250. The second-order valence-corrected chi connectivity index (χ2v) is 5.39. The summed E-state index contributed by atoms with van der Waals surface area (Å²) in [5.74, 6) is 0.275. The van der Waals surface area contributed by atoms with Crippen molar-refractivity contribution in [3.05, 3.63) is 47.4 Å². The molecule has 0 fully saturated rings. The maximum Gasteiger partial charge on any atom is 0.294 e. The van der Waals surface area contributed by atoms with E-state index in [2.05, 4.69) is 29.2 Å². The van der Waals surface area contributed by atoms with E-state index in [4.69, 9.17) is 0 Å². The van der Waals surface area contributed by atoms with Crippen LogP contribution in [-0.2, 0) is 19.9 Å². The Kier molecular flexibility index (Phi) is 2.19. The fourth-order valence-corrected chi connectivity index (χ4v) is 3.19. The largest absolute Gasteiger partial charge is 0.481 e. The highest BCUT2D eigenvalue weighted by atomic mass is 16.3. The fourth-order valence-electron chi connectivity index (χ4n) is 3.19. The Bertz CT molecular complexity index is 849. The van der Waals surface area contributed by atoms with Crippen molar-refractivity contribution in [1.82, 2.24) is 9.55 Å².